The van der Waals surface area contributed by atoms with Crippen LogP contribution in [0.4, 0.5) is 0 Å². The molecule has 2 aromatic rings. The molecule has 0 aliphatic rings. The van der Waals surface area contributed by atoms with Crippen LogP contribution in [-0.2, 0) is 13.1 Å². The zero-order valence-corrected chi connectivity index (χ0v) is 12.1. The number of nitrogens with one attached hydrogen (secondary N) is 1. The molecule has 0 aliphatic carbocycles. The van der Waals surface area contributed by atoms with Crippen molar-refractivity contribution in [1.82, 2.24) is 15.1 Å². The molecule has 0 radical (unpaired) electrons. The van der Waals surface area contributed by atoms with Crippen molar-refractivity contribution in [3.63, 3.8) is 0 Å². The molecule has 19 heavy (non-hydrogen) atoms. The quantitative estimate of drug-likeness (QED) is 0.861. The summed E-state index contributed by atoms with van der Waals surface area (Å²) in [6, 6.07) is 10.6. The molecule has 0 saturated carbocycles. The minimum Gasteiger partial charge on any atom is -0.312 e. The highest BCUT2D eigenvalue weighted by Crippen LogP contribution is 2.13. The van der Waals surface area contributed by atoms with Gasteiger partial charge in [0.05, 0.1) is 5.69 Å². The van der Waals surface area contributed by atoms with E-state index < -0.39 is 0 Å². The van der Waals surface area contributed by atoms with Crippen molar-refractivity contribution < 1.29 is 0 Å². The van der Waals surface area contributed by atoms with Gasteiger partial charge in [-0.15, -0.1) is 0 Å². The lowest BCUT2D eigenvalue weighted by atomic mass is 10.0. The van der Waals surface area contributed by atoms with Gasteiger partial charge in [0.15, 0.2) is 0 Å². The largest absolute Gasteiger partial charge is 0.312 e. The monoisotopic (exact) mass is 257 g/mol. The van der Waals surface area contributed by atoms with Crippen LogP contribution in [0.25, 0.3) is 0 Å². The Morgan fingerprint density at radius 3 is 2.63 bits per heavy atom. The van der Waals surface area contributed by atoms with E-state index in [1.54, 1.807) is 0 Å². The lowest BCUT2D eigenvalue weighted by molar-refractivity contribution is 0.613. The van der Waals surface area contributed by atoms with Gasteiger partial charge < -0.3 is 5.32 Å². The number of rotatable bonds is 6. The topological polar surface area (TPSA) is 29.9 Å². The predicted octanol–water partition coefficient (Wildman–Crippen LogP) is 3.10. The fraction of sp³-hybridized carbons (Fsp3) is 0.438. The first-order chi connectivity index (χ1) is 9.20. The maximum atomic E-state index is 4.46. The van der Waals surface area contributed by atoms with E-state index in [2.05, 4.69) is 67.7 Å². The SMILES string of the molecule is CCn1cc(CNCC(C)c2ccccc2)c(C)n1. The smallest absolute Gasteiger partial charge is 0.0638 e. The van der Waals surface area contributed by atoms with Crippen LogP contribution in [0.15, 0.2) is 36.5 Å². The second-order valence-corrected chi connectivity index (χ2v) is 5.04. The van der Waals surface area contributed by atoms with Crippen LogP contribution in [0.1, 0.15) is 36.6 Å². The molecular weight excluding hydrogens is 234 g/mol. The van der Waals surface area contributed by atoms with E-state index in [1.807, 2.05) is 4.68 Å². The Morgan fingerprint density at radius 1 is 1.26 bits per heavy atom. The third-order valence-electron chi connectivity index (χ3n) is 3.51. The van der Waals surface area contributed by atoms with Gasteiger partial charge in [0.1, 0.15) is 0 Å². The molecular formula is C16H23N3. The standard InChI is InChI=1S/C16H23N3/c1-4-19-12-16(14(3)18-19)11-17-10-13(2)15-8-6-5-7-9-15/h5-9,12-13,17H,4,10-11H2,1-3H3. The van der Waals surface area contributed by atoms with Crippen molar-refractivity contribution in [2.75, 3.05) is 6.54 Å². The number of hydrogen-bond donors (Lipinski definition) is 1. The van der Waals surface area contributed by atoms with E-state index in [-0.39, 0.29) is 0 Å². The average Bonchev–Trinajstić information content (AvgIpc) is 2.80. The highest BCUT2D eigenvalue weighted by atomic mass is 15.3. The van der Waals surface area contributed by atoms with Crippen molar-refractivity contribution in [2.45, 2.75) is 39.8 Å². The summed E-state index contributed by atoms with van der Waals surface area (Å²) in [5.74, 6) is 0.530. The molecule has 2 rings (SSSR count). The molecule has 0 bridgehead atoms. The lowest BCUT2D eigenvalue weighted by Crippen LogP contribution is -2.19. The first-order valence-electron chi connectivity index (χ1n) is 6.99. The summed E-state index contributed by atoms with van der Waals surface area (Å²) in [4.78, 5) is 0. The van der Waals surface area contributed by atoms with Gasteiger partial charge in [-0.3, -0.25) is 4.68 Å². The fourth-order valence-electron chi connectivity index (χ4n) is 2.22. The molecule has 0 fully saturated rings. The van der Waals surface area contributed by atoms with E-state index in [0.29, 0.717) is 5.92 Å². The van der Waals surface area contributed by atoms with Gasteiger partial charge >= 0.3 is 0 Å². The van der Waals surface area contributed by atoms with E-state index in [9.17, 15) is 0 Å². The van der Waals surface area contributed by atoms with Crippen molar-refractivity contribution in [3.8, 4) is 0 Å². The molecule has 1 unspecified atom stereocenters. The zero-order chi connectivity index (χ0) is 13.7. The van der Waals surface area contributed by atoms with E-state index in [1.165, 1.54) is 11.1 Å². The third-order valence-corrected chi connectivity index (χ3v) is 3.51. The Bertz CT molecular complexity index is 502. The van der Waals surface area contributed by atoms with E-state index >= 15 is 0 Å². The van der Waals surface area contributed by atoms with Crippen LogP contribution in [0.2, 0.25) is 0 Å². The summed E-state index contributed by atoms with van der Waals surface area (Å²) in [5.41, 5.74) is 3.81. The van der Waals surface area contributed by atoms with Gasteiger partial charge in [-0.05, 0) is 25.3 Å². The first-order valence-corrected chi connectivity index (χ1v) is 6.99. The molecule has 1 aromatic carbocycles. The van der Waals surface area contributed by atoms with Crippen LogP contribution in [0.3, 0.4) is 0 Å². The highest BCUT2D eigenvalue weighted by Gasteiger charge is 2.06. The summed E-state index contributed by atoms with van der Waals surface area (Å²) in [7, 11) is 0. The van der Waals surface area contributed by atoms with Crippen LogP contribution in [-0.4, -0.2) is 16.3 Å². The summed E-state index contributed by atoms with van der Waals surface area (Å²) >= 11 is 0. The maximum absolute atomic E-state index is 4.46. The molecule has 1 aromatic heterocycles. The predicted molar refractivity (Wildman–Crippen MR) is 79.2 cm³/mol. The van der Waals surface area contributed by atoms with Crippen LogP contribution >= 0.6 is 0 Å². The first kappa shape index (κ1) is 13.8. The maximum Gasteiger partial charge on any atom is 0.0638 e. The van der Waals surface area contributed by atoms with Crippen LogP contribution < -0.4 is 5.32 Å². The lowest BCUT2D eigenvalue weighted by Gasteiger charge is -2.12. The Balaban J connectivity index is 1.84. The second kappa shape index (κ2) is 6.53. The molecule has 0 spiro atoms. The van der Waals surface area contributed by atoms with Gasteiger partial charge in [-0.25, -0.2) is 0 Å². The van der Waals surface area contributed by atoms with Crippen LogP contribution in [0.5, 0.6) is 0 Å². The van der Waals surface area contributed by atoms with E-state index in [4.69, 9.17) is 0 Å². The second-order valence-electron chi connectivity index (χ2n) is 5.04. The number of aromatic nitrogens is 2. The van der Waals surface area contributed by atoms with Gasteiger partial charge in [0.2, 0.25) is 0 Å². The molecule has 1 N–H and O–H groups in total. The third kappa shape index (κ3) is 3.67. The summed E-state index contributed by atoms with van der Waals surface area (Å²) in [6.45, 7) is 9.25. The molecule has 1 atom stereocenters. The summed E-state index contributed by atoms with van der Waals surface area (Å²) in [5, 5.41) is 7.99. The van der Waals surface area contributed by atoms with Gasteiger partial charge in [-0.2, -0.15) is 5.10 Å². The molecule has 0 saturated heterocycles. The number of hydrogen-bond acceptors (Lipinski definition) is 2. The minimum atomic E-state index is 0.530. The van der Waals surface area contributed by atoms with Crippen molar-refractivity contribution >= 4 is 0 Å². The molecule has 1 heterocycles. The molecule has 102 valence electrons. The Morgan fingerprint density at radius 2 is 2.00 bits per heavy atom. The number of aryl methyl sites for hydroxylation is 2. The molecule has 0 aliphatic heterocycles. The van der Waals surface area contributed by atoms with Gasteiger partial charge in [0, 0.05) is 31.4 Å². The average molecular weight is 257 g/mol. The minimum absolute atomic E-state index is 0.530. The summed E-state index contributed by atoms with van der Waals surface area (Å²) < 4.78 is 1.99. The molecule has 0 amide bonds. The number of nitrogens with zero attached hydrogens (tertiary/aromatic N) is 2. The van der Waals surface area contributed by atoms with Crippen molar-refractivity contribution in [3.05, 3.63) is 53.3 Å². The van der Waals surface area contributed by atoms with Crippen molar-refractivity contribution in [1.29, 1.82) is 0 Å². The zero-order valence-electron chi connectivity index (χ0n) is 12.1. The Kier molecular flexibility index (Phi) is 4.74. The van der Waals surface area contributed by atoms with Crippen LogP contribution in [0, 0.1) is 6.92 Å². The number of benzene rings is 1. The van der Waals surface area contributed by atoms with Gasteiger partial charge in [0.25, 0.3) is 0 Å². The fourth-order valence-corrected chi connectivity index (χ4v) is 2.22. The van der Waals surface area contributed by atoms with E-state index in [0.717, 1.165) is 25.3 Å². The Labute approximate surface area is 115 Å². The van der Waals surface area contributed by atoms with Gasteiger partial charge in [-0.1, -0.05) is 37.3 Å². The van der Waals surface area contributed by atoms with Crippen molar-refractivity contribution in [2.24, 2.45) is 0 Å². The highest BCUT2D eigenvalue weighted by molar-refractivity contribution is 5.19. The normalized spacial score (nSPS) is 12.6. The molecule has 3 nitrogen and oxygen atoms in total. The molecule has 3 heteroatoms. The summed E-state index contributed by atoms with van der Waals surface area (Å²) in [6.07, 6.45) is 2.13. The Hall–Kier alpha value is -1.61.